The zero-order chi connectivity index (χ0) is 13.9. The number of methoxy groups -OCH3 is 1. The molecule has 0 saturated carbocycles. The quantitative estimate of drug-likeness (QED) is 0.654. The molecule has 2 heterocycles. The van der Waals surface area contributed by atoms with Crippen LogP contribution in [0, 0.1) is 0 Å². The van der Waals surface area contributed by atoms with Gasteiger partial charge in [-0.3, -0.25) is 0 Å². The van der Waals surface area contributed by atoms with Gasteiger partial charge in [-0.1, -0.05) is 0 Å². The van der Waals surface area contributed by atoms with Crippen molar-refractivity contribution in [1.82, 2.24) is 9.97 Å². The van der Waals surface area contributed by atoms with E-state index in [4.69, 9.17) is 16.3 Å². The van der Waals surface area contributed by atoms with E-state index >= 15 is 0 Å². The number of rotatable bonds is 4. The number of benzene rings is 1. The number of halogens is 1. The van der Waals surface area contributed by atoms with Crippen molar-refractivity contribution in [3.8, 4) is 27.0 Å². The third-order valence-corrected chi connectivity index (χ3v) is 4.83. The van der Waals surface area contributed by atoms with E-state index < -0.39 is 0 Å². The van der Waals surface area contributed by atoms with Crippen molar-refractivity contribution in [2.45, 2.75) is 5.88 Å². The number of thiazole rings is 2. The average molecular weight is 323 g/mol. The van der Waals surface area contributed by atoms with Crippen LogP contribution in [0.25, 0.3) is 21.3 Å². The van der Waals surface area contributed by atoms with Gasteiger partial charge in [0.15, 0.2) is 0 Å². The van der Waals surface area contributed by atoms with Crippen molar-refractivity contribution in [3.05, 3.63) is 40.7 Å². The first-order chi connectivity index (χ1) is 9.80. The predicted molar refractivity (Wildman–Crippen MR) is 84.8 cm³/mol. The zero-order valence-corrected chi connectivity index (χ0v) is 13.1. The van der Waals surface area contributed by atoms with Gasteiger partial charge in [0.2, 0.25) is 0 Å². The third kappa shape index (κ3) is 2.70. The minimum atomic E-state index is 0.436. The van der Waals surface area contributed by atoms with Gasteiger partial charge in [0.1, 0.15) is 21.5 Å². The Morgan fingerprint density at radius 1 is 1.05 bits per heavy atom. The molecular weight excluding hydrogens is 312 g/mol. The summed E-state index contributed by atoms with van der Waals surface area (Å²) in [6, 6.07) is 7.89. The van der Waals surface area contributed by atoms with Gasteiger partial charge < -0.3 is 4.74 Å². The average Bonchev–Trinajstić information content (AvgIpc) is 3.16. The number of hydrogen-bond donors (Lipinski definition) is 0. The van der Waals surface area contributed by atoms with Crippen LogP contribution < -0.4 is 4.74 Å². The molecule has 0 amide bonds. The number of nitrogens with zero attached hydrogens (tertiary/aromatic N) is 2. The molecule has 102 valence electrons. The largest absolute Gasteiger partial charge is 0.497 e. The lowest BCUT2D eigenvalue weighted by atomic mass is 10.2. The second-order valence-corrected chi connectivity index (χ2v) is 6.03. The predicted octanol–water partition coefficient (Wildman–Crippen LogP) is 4.68. The van der Waals surface area contributed by atoms with E-state index in [1.165, 1.54) is 0 Å². The van der Waals surface area contributed by atoms with Crippen LogP contribution in [0.5, 0.6) is 5.75 Å². The molecule has 0 spiro atoms. The van der Waals surface area contributed by atoms with Gasteiger partial charge in [-0.25, -0.2) is 9.97 Å². The highest BCUT2D eigenvalue weighted by Crippen LogP contribution is 2.31. The minimum Gasteiger partial charge on any atom is -0.497 e. The maximum absolute atomic E-state index is 5.77. The normalized spacial score (nSPS) is 10.7. The molecule has 0 aliphatic heterocycles. The van der Waals surface area contributed by atoms with Gasteiger partial charge in [0, 0.05) is 16.3 Å². The molecule has 1 aromatic carbocycles. The van der Waals surface area contributed by atoms with Crippen molar-refractivity contribution in [2.24, 2.45) is 0 Å². The molecule has 0 aliphatic rings. The molecule has 3 rings (SSSR count). The maximum atomic E-state index is 5.77. The van der Waals surface area contributed by atoms with Crippen LogP contribution in [0.2, 0.25) is 0 Å². The van der Waals surface area contributed by atoms with Gasteiger partial charge in [-0.2, -0.15) is 0 Å². The highest BCUT2D eigenvalue weighted by Gasteiger charge is 2.10. The SMILES string of the molecule is COc1ccc(-c2nc(-c3nc(CCl)cs3)cs2)cc1. The minimum absolute atomic E-state index is 0.436. The molecule has 20 heavy (non-hydrogen) atoms. The van der Waals surface area contributed by atoms with Crippen LogP contribution >= 0.6 is 34.3 Å². The summed E-state index contributed by atoms with van der Waals surface area (Å²) in [5, 5.41) is 5.88. The van der Waals surface area contributed by atoms with Crippen molar-refractivity contribution < 1.29 is 4.74 Å². The number of ether oxygens (including phenoxy) is 1. The van der Waals surface area contributed by atoms with E-state index in [0.717, 1.165) is 32.7 Å². The Balaban J connectivity index is 1.88. The Labute approximate surface area is 129 Å². The Hall–Kier alpha value is -1.43. The molecule has 0 bridgehead atoms. The summed E-state index contributed by atoms with van der Waals surface area (Å²) in [5.74, 6) is 1.28. The first-order valence-corrected chi connectivity index (χ1v) is 8.20. The third-order valence-electron chi connectivity index (χ3n) is 2.75. The molecule has 3 aromatic rings. The lowest BCUT2D eigenvalue weighted by molar-refractivity contribution is 0.415. The van der Waals surface area contributed by atoms with Gasteiger partial charge >= 0.3 is 0 Å². The summed E-state index contributed by atoms with van der Waals surface area (Å²) in [6.45, 7) is 0. The van der Waals surface area contributed by atoms with Crippen molar-refractivity contribution in [2.75, 3.05) is 7.11 Å². The second-order valence-electron chi connectivity index (χ2n) is 4.04. The highest BCUT2D eigenvalue weighted by atomic mass is 35.5. The number of hydrogen-bond acceptors (Lipinski definition) is 5. The zero-order valence-electron chi connectivity index (χ0n) is 10.7. The number of aromatic nitrogens is 2. The first kappa shape index (κ1) is 13.5. The molecule has 0 aliphatic carbocycles. The Morgan fingerprint density at radius 3 is 2.45 bits per heavy atom. The van der Waals surface area contributed by atoms with Crippen LogP contribution in [0.3, 0.4) is 0 Å². The van der Waals surface area contributed by atoms with Gasteiger partial charge in [0.25, 0.3) is 0 Å². The van der Waals surface area contributed by atoms with Crippen molar-refractivity contribution in [3.63, 3.8) is 0 Å². The van der Waals surface area contributed by atoms with Crippen molar-refractivity contribution >= 4 is 34.3 Å². The van der Waals surface area contributed by atoms with E-state index in [1.807, 2.05) is 35.0 Å². The summed E-state index contributed by atoms with van der Waals surface area (Å²) in [4.78, 5) is 9.08. The summed E-state index contributed by atoms with van der Waals surface area (Å²) >= 11 is 8.95. The van der Waals surface area contributed by atoms with Gasteiger partial charge in [-0.05, 0) is 24.3 Å². The summed E-state index contributed by atoms with van der Waals surface area (Å²) in [5.41, 5.74) is 2.88. The van der Waals surface area contributed by atoms with Gasteiger partial charge in [-0.15, -0.1) is 34.3 Å². The lowest BCUT2D eigenvalue weighted by Gasteiger charge is -2.00. The van der Waals surface area contributed by atoms with Crippen LogP contribution in [0.15, 0.2) is 35.0 Å². The molecule has 0 radical (unpaired) electrons. The first-order valence-electron chi connectivity index (χ1n) is 5.91. The highest BCUT2D eigenvalue weighted by molar-refractivity contribution is 7.15. The monoisotopic (exact) mass is 322 g/mol. The van der Waals surface area contributed by atoms with Crippen LogP contribution in [0.1, 0.15) is 5.69 Å². The molecule has 0 unspecified atom stereocenters. The lowest BCUT2D eigenvalue weighted by Crippen LogP contribution is -1.83. The van der Waals surface area contributed by atoms with E-state index in [-0.39, 0.29) is 0 Å². The number of alkyl halides is 1. The fourth-order valence-corrected chi connectivity index (χ4v) is 3.62. The topological polar surface area (TPSA) is 35.0 Å². The standard InChI is InChI=1S/C14H11ClN2OS2/c1-18-11-4-2-9(3-5-11)13-17-12(8-20-13)14-16-10(6-15)7-19-14/h2-5,7-8H,6H2,1H3. The smallest absolute Gasteiger partial charge is 0.143 e. The molecular formula is C14H11ClN2OS2. The van der Waals surface area contributed by atoms with Crippen LogP contribution in [0.4, 0.5) is 0 Å². The van der Waals surface area contributed by atoms with E-state index in [1.54, 1.807) is 29.8 Å². The molecule has 0 N–H and O–H groups in total. The Bertz CT molecular complexity index is 706. The van der Waals surface area contributed by atoms with E-state index in [2.05, 4.69) is 9.97 Å². The summed E-state index contributed by atoms with van der Waals surface area (Å²) < 4.78 is 5.16. The molecule has 0 saturated heterocycles. The fraction of sp³-hybridized carbons (Fsp3) is 0.143. The summed E-state index contributed by atoms with van der Waals surface area (Å²) in [6.07, 6.45) is 0. The van der Waals surface area contributed by atoms with Crippen molar-refractivity contribution in [1.29, 1.82) is 0 Å². The molecule has 2 aromatic heterocycles. The Kier molecular flexibility index (Phi) is 4.00. The van der Waals surface area contributed by atoms with E-state index in [0.29, 0.717) is 5.88 Å². The molecule has 6 heteroatoms. The molecule has 3 nitrogen and oxygen atoms in total. The Morgan fingerprint density at radius 2 is 1.80 bits per heavy atom. The van der Waals surface area contributed by atoms with Crippen LogP contribution in [-0.2, 0) is 5.88 Å². The fourth-order valence-electron chi connectivity index (χ4n) is 1.72. The van der Waals surface area contributed by atoms with Gasteiger partial charge in [0.05, 0.1) is 18.7 Å². The van der Waals surface area contributed by atoms with E-state index in [9.17, 15) is 0 Å². The molecule has 0 fully saturated rings. The maximum Gasteiger partial charge on any atom is 0.143 e. The summed E-state index contributed by atoms with van der Waals surface area (Å²) in [7, 11) is 1.66. The molecule has 0 atom stereocenters. The second kappa shape index (κ2) is 5.91. The van der Waals surface area contributed by atoms with Crippen LogP contribution in [-0.4, -0.2) is 17.1 Å².